The monoisotopic (exact) mass is 496 g/mol. The summed E-state index contributed by atoms with van der Waals surface area (Å²) in [5, 5.41) is 2.49. The van der Waals surface area contributed by atoms with E-state index in [2.05, 4.69) is 10.1 Å². The maximum atomic E-state index is 13.3. The molecule has 0 aromatic heterocycles. The molecule has 1 N–H and O–H groups in total. The number of hydrogen-bond acceptors (Lipinski definition) is 7. The first-order valence-electron chi connectivity index (χ1n) is 10.1. The van der Waals surface area contributed by atoms with Crippen molar-refractivity contribution in [3.63, 3.8) is 0 Å². The maximum absolute atomic E-state index is 13.3. The Morgan fingerprint density at radius 2 is 1.82 bits per heavy atom. The molecule has 0 spiro atoms. The number of carbonyl (C=O) groups excluding carboxylic acids is 3. The van der Waals surface area contributed by atoms with E-state index < -0.39 is 46.0 Å². The summed E-state index contributed by atoms with van der Waals surface area (Å²) in [5.74, 6) is -3.04. The van der Waals surface area contributed by atoms with E-state index in [4.69, 9.17) is 4.74 Å². The summed E-state index contributed by atoms with van der Waals surface area (Å²) >= 11 is 0. The third-order valence-electron chi connectivity index (χ3n) is 4.90. The maximum Gasteiger partial charge on any atom is 0.387 e. The average molecular weight is 496 g/mol. The van der Waals surface area contributed by atoms with Gasteiger partial charge < -0.3 is 14.8 Å². The fourth-order valence-electron chi connectivity index (χ4n) is 3.68. The smallest absolute Gasteiger partial charge is 0.387 e. The number of benzene rings is 2. The Morgan fingerprint density at radius 1 is 1.12 bits per heavy atom. The molecule has 0 radical (unpaired) electrons. The van der Waals surface area contributed by atoms with Crippen molar-refractivity contribution in [2.24, 2.45) is 0 Å². The second-order valence-corrected chi connectivity index (χ2v) is 9.70. The van der Waals surface area contributed by atoms with E-state index >= 15 is 0 Å². The van der Waals surface area contributed by atoms with Crippen LogP contribution in [0.2, 0.25) is 0 Å². The number of carbonyl (C=O) groups is 3. The van der Waals surface area contributed by atoms with Gasteiger partial charge in [-0.2, -0.15) is 8.78 Å². The van der Waals surface area contributed by atoms with Crippen molar-refractivity contribution in [3.8, 4) is 11.5 Å². The Labute approximate surface area is 194 Å². The zero-order valence-corrected chi connectivity index (χ0v) is 19.3. The molecule has 9 nitrogen and oxygen atoms in total. The lowest BCUT2D eigenvalue weighted by Gasteiger charge is -2.27. The van der Waals surface area contributed by atoms with Crippen molar-refractivity contribution in [3.05, 3.63) is 53.1 Å². The molecule has 0 bridgehead atoms. The predicted octanol–water partition coefficient (Wildman–Crippen LogP) is 3.03. The van der Waals surface area contributed by atoms with Crippen molar-refractivity contribution < 1.29 is 41.1 Å². The normalized spacial score (nSPS) is 14.2. The zero-order valence-electron chi connectivity index (χ0n) is 18.5. The van der Waals surface area contributed by atoms with Crippen LogP contribution < -0.4 is 14.8 Å². The fraction of sp³-hybridized carbons (Fsp3) is 0.318. The van der Waals surface area contributed by atoms with E-state index in [0.717, 1.165) is 17.2 Å². The number of alkyl halides is 2. The van der Waals surface area contributed by atoms with E-state index in [-0.39, 0.29) is 40.5 Å². The van der Waals surface area contributed by atoms with E-state index in [1.54, 1.807) is 6.92 Å². The van der Waals surface area contributed by atoms with Crippen LogP contribution in [0.5, 0.6) is 11.5 Å². The van der Waals surface area contributed by atoms with Crippen LogP contribution in [-0.4, -0.2) is 56.3 Å². The van der Waals surface area contributed by atoms with Gasteiger partial charge in [-0.1, -0.05) is 12.1 Å². The highest BCUT2D eigenvalue weighted by atomic mass is 32.2. The van der Waals surface area contributed by atoms with Gasteiger partial charge in [-0.3, -0.25) is 19.3 Å². The van der Waals surface area contributed by atoms with Gasteiger partial charge in [-0.25, -0.2) is 8.42 Å². The molecule has 2 aromatic rings. The minimum atomic E-state index is -3.73. The van der Waals surface area contributed by atoms with Crippen LogP contribution in [0.3, 0.4) is 0 Å². The largest absolute Gasteiger partial charge is 0.490 e. The van der Waals surface area contributed by atoms with Gasteiger partial charge in [-0.15, -0.1) is 0 Å². The third-order valence-corrected chi connectivity index (χ3v) is 5.82. The van der Waals surface area contributed by atoms with Crippen LogP contribution in [-0.2, 0) is 14.6 Å². The summed E-state index contributed by atoms with van der Waals surface area (Å²) in [6, 6.07) is 6.72. The van der Waals surface area contributed by atoms with E-state index in [1.807, 2.05) is 0 Å². The number of fused-ring (bicyclic) bond motifs is 1. The highest BCUT2D eigenvalue weighted by Crippen LogP contribution is 2.39. The topological polar surface area (TPSA) is 119 Å². The van der Waals surface area contributed by atoms with Crippen LogP contribution >= 0.6 is 0 Å². The molecule has 0 fully saturated rings. The molecule has 0 saturated heterocycles. The van der Waals surface area contributed by atoms with Crippen LogP contribution in [0.25, 0.3) is 0 Å². The summed E-state index contributed by atoms with van der Waals surface area (Å²) < 4.78 is 59.8. The number of nitrogens with zero attached hydrogens (tertiary/aromatic N) is 1. The number of rotatable bonds is 9. The molecule has 1 unspecified atom stereocenters. The second kappa shape index (κ2) is 9.75. The molecule has 2 aromatic carbocycles. The van der Waals surface area contributed by atoms with Crippen molar-refractivity contribution in [2.75, 3.05) is 23.9 Å². The molecular weight excluding hydrogens is 474 g/mol. The number of hydrogen-bond donors (Lipinski definition) is 1. The Hall–Kier alpha value is -3.54. The van der Waals surface area contributed by atoms with Crippen molar-refractivity contribution in [1.82, 2.24) is 4.90 Å². The molecule has 3 rings (SSSR count). The average Bonchev–Trinajstić information content (AvgIpc) is 2.97. The summed E-state index contributed by atoms with van der Waals surface area (Å²) in [6.07, 6.45) is 0.943. The Bertz CT molecular complexity index is 1250. The molecule has 3 amide bonds. The van der Waals surface area contributed by atoms with Crippen molar-refractivity contribution in [2.45, 2.75) is 26.5 Å². The molecule has 12 heteroatoms. The van der Waals surface area contributed by atoms with Crippen molar-refractivity contribution >= 4 is 33.2 Å². The van der Waals surface area contributed by atoms with E-state index in [1.165, 1.54) is 37.3 Å². The number of anilines is 1. The van der Waals surface area contributed by atoms with Gasteiger partial charge in [0, 0.05) is 13.2 Å². The molecule has 182 valence electrons. The van der Waals surface area contributed by atoms with E-state index in [9.17, 15) is 31.6 Å². The standard InChI is InChI=1S/C22H22F2N2O7S/c1-4-32-18-10-13(8-9-17(18)33-22(23)24)16(11-34(3,30)31)26-20(28)14-6-5-7-15(25-12(2)27)19(14)21(26)29/h5-10,16,22H,4,11H2,1-3H3,(H,25,27). The number of ether oxygens (including phenoxy) is 2. The highest BCUT2D eigenvalue weighted by Gasteiger charge is 2.43. The van der Waals surface area contributed by atoms with Gasteiger partial charge in [0.2, 0.25) is 5.91 Å². The number of imide groups is 1. The second-order valence-electron chi connectivity index (χ2n) is 7.52. The quantitative estimate of drug-likeness (QED) is 0.530. The lowest BCUT2D eigenvalue weighted by atomic mass is 10.1. The molecule has 34 heavy (non-hydrogen) atoms. The number of halogens is 2. The summed E-state index contributed by atoms with van der Waals surface area (Å²) in [5.41, 5.74) is 0.201. The predicted molar refractivity (Wildman–Crippen MR) is 118 cm³/mol. The first-order chi connectivity index (χ1) is 15.9. The summed E-state index contributed by atoms with van der Waals surface area (Å²) in [6.45, 7) is -0.184. The Kier molecular flexibility index (Phi) is 7.20. The van der Waals surface area contributed by atoms with Crippen LogP contribution in [0.1, 0.15) is 46.2 Å². The minimum absolute atomic E-state index is 0.00237. The fourth-order valence-corrected chi connectivity index (χ4v) is 4.60. The molecule has 1 atom stereocenters. The Morgan fingerprint density at radius 3 is 2.41 bits per heavy atom. The molecular formula is C22H22F2N2O7S. The lowest BCUT2D eigenvalue weighted by Crippen LogP contribution is -2.37. The van der Waals surface area contributed by atoms with Gasteiger partial charge in [0.15, 0.2) is 11.5 Å². The van der Waals surface area contributed by atoms with Crippen molar-refractivity contribution in [1.29, 1.82) is 0 Å². The van der Waals surface area contributed by atoms with Gasteiger partial charge in [-0.05, 0) is 36.8 Å². The van der Waals surface area contributed by atoms with E-state index in [0.29, 0.717) is 0 Å². The molecule has 1 heterocycles. The SMILES string of the molecule is CCOc1cc(C(CS(C)(=O)=O)N2C(=O)c3cccc(NC(C)=O)c3C2=O)ccc1OC(F)F. The minimum Gasteiger partial charge on any atom is -0.490 e. The van der Waals surface area contributed by atoms with Gasteiger partial charge >= 0.3 is 6.61 Å². The molecule has 1 aliphatic heterocycles. The van der Waals surface area contributed by atoms with Crippen LogP contribution in [0.15, 0.2) is 36.4 Å². The third kappa shape index (κ3) is 5.33. The Balaban J connectivity index is 2.12. The molecule has 1 aliphatic rings. The first-order valence-corrected chi connectivity index (χ1v) is 12.2. The van der Waals surface area contributed by atoms with Crippen LogP contribution in [0, 0.1) is 0 Å². The number of sulfone groups is 1. The number of amides is 3. The van der Waals surface area contributed by atoms with Gasteiger partial charge in [0.25, 0.3) is 11.8 Å². The van der Waals surface area contributed by atoms with Gasteiger partial charge in [0.05, 0.1) is 35.2 Å². The lowest BCUT2D eigenvalue weighted by molar-refractivity contribution is -0.114. The zero-order chi connectivity index (χ0) is 25.2. The highest BCUT2D eigenvalue weighted by molar-refractivity contribution is 7.90. The van der Waals surface area contributed by atoms with Gasteiger partial charge in [0.1, 0.15) is 9.84 Å². The van der Waals surface area contributed by atoms with Crippen LogP contribution in [0.4, 0.5) is 14.5 Å². The summed E-state index contributed by atoms with van der Waals surface area (Å²) in [7, 11) is -3.73. The number of nitrogens with one attached hydrogen (secondary N) is 1. The summed E-state index contributed by atoms with van der Waals surface area (Å²) in [4.78, 5) is 38.9. The first kappa shape index (κ1) is 25.1. The molecule has 0 aliphatic carbocycles. The molecule has 0 saturated carbocycles.